The zero-order valence-electron chi connectivity index (χ0n) is 11.3. The van der Waals surface area contributed by atoms with Crippen LogP contribution >= 0.6 is 11.8 Å². The lowest BCUT2D eigenvalue weighted by Crippen LogP contribution is -2.39. The molecule has 16 heavy (non-hydrogen) atoms. The second kappa shape index (κ2) is 8.88. The normalized spacial score (nSPS) is 12.9. The fraction of sp³-hybridized carbons (Fsp3) is 0.917. The maximum absolute atomic E-state index is 11.6. The predicted octanol–water partition coefficient (Wildman–Crippen LogP) is 1.79. The summed E-state index contributed by atoms with van der Waals surface area (Å²) < 4.78 is 0. The number of amides is 1. The molecule has 1 unspecified atom stereocenters. The van der Waals surface area contributed by atoms with Crippen LogP contribution in [0.4, 0.5) is 0 Å². The first-order chi connectivity index (χ1) is 7.51. The van der Waals surface area contributed by atoms with Crippen LogP contribution in [0.15, 0.2) is 0 Å². The van der Waals surface area contributed by atoms with E-state index in [4.69, 9.17) is 0 Å². The second-order valence-electron chi connectivity index (χ2n) is 4.58. The minimum Gasteiger partial charge on any atom is -0.348 e. The van der Waals surface area contributed by atoms with Gasteiger partial charge >= 0.3 is 0 Å². The summed E-state index contributed by atoms with van der Waals surface area (Å²) in [5.41, 5.74) is 0. The molecule has 0 rings (SSSR count). The van der Waals surface area contributed by atoms with Crippen LogP contribution in [-0.2, 0) is 4.79 Å². The number of carbonyl (C=O) groups excluding carboxylic acids is 1. The Labute approximate surface area is 105 Å². The van der Waals surface area contributed by atoms with Crippen LogP contribution in [0.2, 0.25) is 0 Å². The highest BCUT2D eigenvalue weighted by Gasteiger charge is 2.14. The van der Waals surface area contributed by atoms with E-state index in [2.05, 4.69) is 25.0 Å². The van der Waals surface area contributed by atoms with E-state index >= 15 is 0 Å². The highest BCUT2D eigenvalue weighted by molar-refractivity contribution is 7.98. The topological polar surface area (TPSA) is 23.6 Å². The average molecular weight is 246 g/mol. The first-order valence-corrected chi connectivity index (χ1v) is 7.32. The third-order valence-corrected chi connectivity index (χ3v) is 3.32. The van der Waals surface area contributed by atoms with E-state index in [0.717, 1.165) is 25.3 Å². The Kier molecular flexibility index (Phi) is 8.76. The summed E-state index contributed by atoms with van der Waals surface area (Å²) in [4.78, 5) is 15.6. The lowest BCUT2D eigenvalue weighted by molar-refractivity contribution is -0.130. The van der Waals surface area contributed by atoms with Crippen LogP contribution in [0, 0.1) is 5.92 Å². The molecule has 1 amide bonds. The molecule has 0 aromatic carbocycles. The predicted molar refractivity (Wildman–Crippen MR) is 73.0 cm³/mol. The van der Waals surface area contributed by atoms with Gasteiger partial charge in [0.2, 0.25) is 5.91 Å². The fourth-order valence-electron chi connectivity index (χ4n) is 1.66. The van der Waals surface area contributed by atoms with E-state index in [0.29, 0.717) is 12.5 Å². The number of carbonyl (C=O) groups is 1. The molecule has 0 heterocycles. The summed E-state index contributed by atoms with van der Waals surface area (Å²) in [5.74, 6) is 2.01. The van der Waals surface area contributed by atoms with Crippen molar-refractivity contribution >= 4 is 17.7 Å². The van der Waals surface area contributed by atoms with Gasteiger partial charge in [-0.25, -0.2) is 0 Å². The molecule has 0 aliphatic carbocycles. The van der Waals surface area contributed by atoms with Crippen LogP contribution in [0.1, 0.15) is 20.3 Å². The highest BCUT2D eigenvalue weighted by atomic mass is 32.2. The summed E-state index contributed by atoms with van der Waals surface area (Å²) in [6.45, 7) is 7.00. The number of hydrogen-bond donors (Lipinski definition) is 0. The summed E-state index contributed by atoms with van der Waals surface area (Å²) in [5, 5.41) is 0. The van der Waals surface area contributed by atoms with Crippen molar-refractivity contribution in [2.24, 2.45) is 5.92 Å². The van der Waals surface area contributed by atoms with Gasteiger partial charge in [0.25, 0.3) is 0 Å². The second-order valence-corrected chi connectivity index (χ2v) is 5.49. The quantitative estimate of drug-likeness (QED) is 0.652. The lowest BCUT2D eigenvalue weighted by atomic mass is 10.2. The molecule has 4 heteroatoms. The first-order valence-electron chi connectivity index (χ1n) is 5.92. The third-order valence-electron chi connectivity index (χ3n) is 2.42. The molecular weight excluding hydrogens is 220 g/mol. The van der Waals surface area contributed by atoms with Crippen LogP contribution < -0.4 is 0 Å². The molecule has 0 fully saturated rings. The van der Waals surface area contributed by atoms with Crippen LogP contribution in [0.3, 0.4) is 0 Å². The molecule has 0 radical (unpaired) electrons. The standard InChI is InChI=1S/C12H26N2OS/c1-6-7-14(8-11(2)10-16-5)9-12(15)13(3)4/h11H,6-10H2,1-5H3. The van der Waals surface area contributed by atoms with Gasteiger partial charge in [-0.05, 0) is 30.9 Å². The Balaban J connectivity index is 4.10. The van der Waals surface area contributed by atoms with E-state index in [1.54, 1.807) is 4.90 Å². The molecule has 0 spiro atoms. The zero-order valence-corrected chi connectivity index (χ0v) is 12.1. The molecule has 0 saturated carbocycles. The van der Waals surface area contributed by atoms with Gasteiger partial charge in [0, 0.05) is 20.6 Å². The van der Waals surface area contributed by atoms with Gasteiger partial charge in [0.15, 0.2) is 0 Å². The number of hydrogen-bond acceptors (Lipinski definition) is 3. The minimum atomic E-state index is 0.199. The van der Waals surface area contributed by atoms with Crippen molar-refractivity contribution in [1.29, 1.82) is 0 Å². The Morgan fingerprint density at radius 2 is 2.00 bits per heavy atom. The smallest absolute Gasteiger partial charge is 0.236 e. The number of rotatable bonds is 8. The van der Waals surface area contributed by atoms with Crippen LogP contribution in [-0.4, -0.2) is 61.4 Å². The van der Waals surface area contributed by atoms with Crippen molar-refractivity contribution < 1.29 is 4.79 Å². The van der Waals surface area contributed by atoms with Crippen LogP contribution in [0.25, 0.3) is 0 Å². The Morgan fingerprint density at radius 3 is 2.44 bits per heavy atom. The Morgan fingerprint density at radius 1 is 1.38 bits per heavy atom. The van der Waals surface area contributed by atoms with Crippen molar-refractivity contribution in [2.45, 2.75) is 20.3 Å². The summed E-state index contributed by atoms with van der Waals surface area (Å²) in [6, 6.07) is 0. The zero-order chi connectivity index (χ0) is 12.6. The largest absolute Gasteiger partial charge is 0.348 e. The van der Waals surface area contributed by atoms with Crippen molar-refractivity contribution in [3.05, 3.63) is 0 Å². The number of likely N-dealkylation sites (N-methyl/N-ethyl adjacent to an activating group) is 1. The molecule has 0 aromatic heterocycles. The van der Waals surface area contributed by atoms with E-state index in [1.165, 1.54) is 0 Å². The molecule has 0 aromatic rings. The van der Waals surface area contributed by atoms with E-state index in [9.17, 15) is 4.79 Å². The highest BCUT2D eigenvalue weighted by Crippen LogP contribution is 2.07. The number of thioether (sulfide) groups is 1. The van der Waals surface area contributed by atoms with Gasteiger partial charge in [-0.3, -0.25) is 9.69 Å². The molecule has 0 bridgehead atoms. The van der Waals surface area contributed by atoms with E-state index < -0.39 is 0 Å². The van der Waals surface area contributed by atoms with Gasteiger partial charge < -0.3 is 4.90 Å². The molecule has 1 atom stereocenters. The Hall–Kier alpha value is -0.220. The SMILES string of the molecule is CCCN(CC(=O)N(C)C)CC(C)CSC. The van der Waals surface area contributed by atoms with Crippen molar-refractivity contribution in [3.63, 3.8) is 0 Å². The molecule has 0 aliphatic rings. The molecule has 0 aliphatic heterocycles. The van der Waals surface area contributed by atoms with Crippen molar-refractivity contribution in [2.75, 3.05) is 45.7 Å². The molecule has 96 valence electrons. The molecule has 3 nitrogen and oxygen atoms in total. The van der Waals surface area contributed by atoms with Gasteiger partial charge in [-0.2, -0.15) is 11.8 Å². The first kappa shape index (κ1) is 15.8. The monoisotopic (exact) mass is 246 g/mol. The van der Waals surface area contributed by atoms with Crippen molar-refractivity contribution in [3.8, 4) is 0 Å². The molecule has 0 saturated heterocycles. The van der Waals surface area contributed by atoms with E-state index in [1.807, 2.05) is 25.9 Å². The average Bonchev–Trinajstić information content (AvgIpc) is 2.17. The number of nitrogens with zero attached hydrogens (tertiary/aromatic N) is 2. The van der Waals surface area contributed by atoms with Gasteiger partial charge in [-0.15, -0.1) is 0 Å². The van der Waals surface area contributed by atoms with Crippen LogP contribution in [0.5, 0.6) is 0 Å². The fourth-order valence-corrected chi connectivity index (χ4v) is 2.34. The maximum Gasteiger partial charge on any atom is 0.236 e. The van der Waals surface area contributed by atoms with Gasteiger partial charge in [0.1, 0.15) is 0 Å². The van der Waals surface area contributed by atoms with Crippen molar-refractivity contribution in [1.82, 2.24) is 9.80 Å². The lowest BCUT2D eigenvalue weighted by Gasteiger charge is -2.25. The van der Waals surface area contributed by atoms with Gasteiger partial charge in [0.05, 0.1) is 6.54 Å². The maximum atomic E-state index is 11.6. The minimum absolute atomic E-state index is 0.199. The third kappa shape index (κ3) is 7.12. The van der Waals surface area contributed by atoms with E-state index in [-0.39, 0.29) is 5.91 Å². The van der Waals surface area contributed by atoms with Gasteiger partial charge in [-0.1, -0.05) is 13.8 Å². The Bertz CT molecular complexity index is 197. The molecular formula is C12H26N2OS. The summed E-state index contributed by atoms with van der Waals surface area (Å²) in [7, 11) is 3.63. The molecule has 0 N–H and O–H groups in total. The summed E-state index contributed by atoms with van der Waals surface area (Å²) in [6.07, 6.45) is 3.23. The summed E-state index contributed by atoms with van der Waals surface area (Å²) >= 11 is 1.87.